The van der Waals surface area contributed by atoms with Gasteiger partial charge in [0, 0.05) is 22.6 Å². The Kier molecular flexibility index (Phi) is 2.14. The number of nitrogens with one attached hydrogen (secondary N) is 1. The van der Waals surface area contributed by atoms with Gasteiger partial charge < -0.3 is 4.98 Å². The van der Waals surface area contributed by atoms with Crippen molar-refractivity contribution < 1.29 is 4.79 Å². The molecule has 1 aromatic carbocycles. The Bertz CT molecular complexity index is 502. The number of fused-ring (bicyclic) bond motifs is 1. The SMILES string of the molecule is CC(C)(C)C(=O)c1cccc2cc[nH]c12. The highest BCUT2D eigenvalue weighted by atomic mass is 16.1. The van der Waals surface area contributed by atoms with Crippen LogP contribution >= 0.6 is 0 Å². The number of aromatic nitrogens is 1. The third kappa shape index (κ3) is 1.67. The van der Waals surface area contributed by atoms with Gasteiger partial charge >= 0.3 is 0 Å². The average molecular weight is 201 g/mol. The molecule has 0 atom stereocenters. The van der Waals surface area contributed by atoms with E-state index in [9.17, 15) is 4.79 Å². The van der Waals surface area contributed by atoms with E-state index in [4.69, 9.17) is 0 Å². The van der Waals surface area contributed by atoms with Crippen LogP contribution in [0.1, 0.15) is 31.1 Å². The Morgan fingerprint density at radius 1 is 1.20 bits per heavy atom. The minimum atomic E-state index is -0.334. The highest BCUT2D eigenvalue weighted by Crippen LogP contribution is 2.25. The van der Waals surface area contributed by atoms with Crippen molar-refractivity contribution in [3.63, 3.8) is 0 Å². The van der Waals surface area contributed by atoms with Gasteiger partial charge in [0.25, 0.3) is 0 Å². The first-order valence-electron chi connectivity index (χ1n) is 5.11. The summed E-state index contributed by atoms with van der Waals surface area (Å²) < 4.78 is 0. The molecule has 2 aromatic rings. The third-order valence-electron chi connectivity index (χ3n) is 2.51. The maximum atomic E-state index is 12.2. The monoisotopic (exact) mass is 201 g/mol. The molecule has 2 heteroatoms. The van der Waals surface area contributed by atoms with Gasteiger partial charge in [-0.1, -0.05) is 32.9 Å². The van der Waals surface area contributed by atoms with Crippen molar-refractivity contribution in [3.05, 3.63) is 36.0 Å². The van der Waals surface area contributed by atoms with Crippen molar-refractivity contribution >= 4 is 16.7 Å². The van der Waals surface area contributed by atoms with Gasteiger partial charge in [0.15, 0.2) is 5.78 Å². The first kappa shape index (κ1) is 9.97. The summed E-state index contributed by atoms with van der Waals surface area (Å²) in [6.45, 7) is 5.82. The second kappa shape index (κ2) is 3.23. The third-order valence-corrected chi connectivity index (χ3v) is 2.51. The number of para-hydroxylation sites is 1. The van der Waals surface area contributed by atoms with Gasteiger partial charge in [-0.25, -0.2) is 0 Å². The van der Waals surface area contributed by atoms with Crippen LogP contribution in [0.25, 0.3) is 10.9 Å². The van der Waals surface area contributed by atoms with Crippen LogP contribution in [0.3, 0.4) is 0 Å². The van der Waals surface area contributed by atoms with E-state index in [1.807, 2.05) is 51.2 Å². The molecule has 0 radical (unpaired) electrons. The molecule has 15 heavy (non-hydrogen) atoms. The molecule has 0 amide bonds. The molecule has 0 unspecified atom stereocenters. The zero-order chi connectivity index (χ0) is 11.1. The molecular weight excluding hydrogens is 186 g/mol. The molecule has 0 spiro atoms. The zero-order valence-corrected chi connectivity index (χ0v) is 9.29. The Balaban J connectivity index is 2.62. The number of hydrogen-bond donors (Lipinski definition) is 1. The van der Waals surface area contributed by atoms with Crippen LogP contribution in [0, 0.1) is 5.41 Å². The van der Waals surface area contributed by atoms with Gasteiger partial charge in [-0.3, -0.25) is 4.79 Å². The van der Waals surface area contributed by atoms with Crippen molar-refractivity contribution in [2.45, 2.75) is 20.8 Å². The minimum absolute atomic E-state index is 0.176. The number of Topliss-reactive ketones (excluding diaryl/α,β-unsaturated/α-hetero) is 1. The lowest BCUT2D eigenvalue weighted by atomic mass is 9.86. The molecule has 0 saturated carbocycles. The zero-order valence-electron chi connectivity index (χ0n) is 9.29. The fourth-order valence-electron chi connectivity index (χ4n) is 1.68. The van der Waals surface area contributed by atoms with Crippen molar-refractivity contribution in [2.75, 3.05) is 0 Å². The molecule has 1 N–H and O–H groups in total. The van der Waals surface area contributed by atoms with Crippen molar-refractivity contribution in [2.24, 2.45) is 5.41 Å². The van der Waals surface area contributed by atoms with Crippen LogP contribution in [0.5, 0.6) is 0 Å². The standard InChI is InChI=1S/C13H15NO/c1-13(2,3)12(15)10-6-4-5-9-7-8-14-11(9)10/h4-8,14H,1-3H3. The van der Waals surface area contributed by atoms with E-state index in [0.717, 1.165) is 16.5 Å². The predicted molar refractivity (Wildman–Crippen MR) is 62.1 cm³/mol. The van der Waals surface area contributed by atoms with Gasteiger partial charge in [0.2, 0.25) is 0 Å². The lowest BCUT2D eigenvalue weighted by molar-refractivity contribution is 0.0860. The summed E-state index contributed by atoms with van der Waals surface area (Å²) in [5.41, 5.74) is 1.39. The topological polar surface area (TPSA) is 32.9 Å². The van der Waals surface area contributed by atoms with Crippen LogP contribution in [-0.4, -0.2) is 10.8 Å². The highest BCUT2D eigenvalue weighted by molar-refractivity contribution is 6.09. The number of H-pyrrole nitrogens is 1. The molecule has 2 nitrogen and oxygen atoms in total. The Hall–Kier alpha value is -1.57. The Labute approximate surface area is 89.3 Å². The van der Waals surface area contributed by atoms with Crippen LogP contribution in [0.2, 0.25) is 0 Å². The van der Waals surface area contributed by atoms with E-state index >= 15 is 0 Å². The predicted octanol–water partition coefficient (Wildman–Crippen LogP) is 3.40. The summed E-state index contributed by atoms with van der Waals surface area (Å²) in [5, 5.41) is 1.09. The minimum Gasteiger partial charge on any atom is -0.361 e. The number of hydrogen-bond acceptors (Lipinski definition) is 1. The lowest BCUT2D eigenvalue weighted by Gasteiger charge is -2.16. The first-order valence-corrected chi connectivity index (χ1v) is 5.11. The summed E-state index contributed by atoms with van der Waals surface area (Å²) in [4.78, 5) is 15.3. The number of aromatic amines is 1. The fourth-order valence-corrected chi connectivity index (χ4v) is 1.68. The van der Waals surface area contributed by atoms with Gasteiger partial charge in [-0.15, -0.1) is 0 Å². The molecule has 0 bridgehead atoms. The Morgan fingerprint density at radius 2 is 1.93 bits per heavy atom. The summed E-state index contributed by atoms with van der Waals surface area (Å²) in [6, 6.07) is 7.79. The molecular formula is C13H15NO. The van der Waals surface area contributed by atoms with Gasteiger partial charge in [-0.05, 0) is 12.1 Å². The van der Waals surface area contributed by atoms with Gasteiger partial charge in [0.1, 0.15) is 0 Å². The number of ketones is 1. The fraction of sp³-hybridized carbons (Fsp3) is 0.308. The molecule has 0 aliphatic rings. The molecule has 0 aliphatic carbocycles. The molecule has 1 heterocycles. The van der Waals surface area contributed by atoms with Crippen LogP contribution in [0.15, 0.2) is 30.5 Å². The van der Waals surface area contributed by atoms with Crippen LogP contribution in [0.4, 0.5) is 0 Å². The molecule has 0 saturated heterocycles. The maximum absolute atomic E-state index is 12.2. The van der Waals surface area contributed by atoms with Crippen molar-refractivity contribution in [1.82, 2.24) is 4.98 Å². The quantitative estimate of drug-likeness (QED) is 0.705. The second-order valence-corrected chi connectivity index (χ2v) is 4.83. The molecule has 0 fully saturated rings. The van der Waals surface area contributed by atoms with E-state index in [2.05, 4.69) is 4.98 Å². The van der Waals surface area contributed by atoms with E-state index < -0.39 is 0 Å². The summed E-state index contributed by atoms with van der Waals surface area (Å²) in [7, 11) is 0. The summed E-state index contributed by atoms with van der Waals surface area (Å²) in [5.74, 6) is 0.176. The molecule has 2 rings (SSSR count). The normalized spacial score (nSPS) is 11.9. The summed E-state index contributed by atoms with van der Waals surface area (Å²) >= 11 is 0. The largest absolute Gasteiger partial charge is 0.361 e. The number of carbonyl (C=O) groups is 1. The highest BCUT2D eigenvalue weighted by Gasteiger charge is 2.24. The number of carbonyl (C=O) groups excluding carboxylic acids is 1. The Morgan fingerprint density at radius 3 is 2.60 bits per heavy atom. The van der Waals surface area contributed by atoms with E-state index in [1.54, 1.807) is 0 Å². The average Bonchev–Trinajstić information content (AvgIpc) is 2.62. The van der Waals surface area contributed by atoms with Crippen molar-refractivity contribution in [1.29, 1.82) is 0 Å². The van der Waals surface area contributed by atoms with Crippen molar-refractivity contribution in [3.8, 4) is 0 Å². The number of rotatable bonds is 1. The summed E-state index contributed by atoms with van der Waals surface area (Å²) in [6.07, 6.45) is 1.87. The van der Waals surface area contributed by atoms with Gasteiger partial charge in [0.05, 0.1) is 5.52 Å². The van der Waals surface area contributed by atoms with Crippen LogP contribution in [-0.2, 0) is 0 Å². The van der Waals surface area contributed by atoms with Crippen LogP contribution < -0.4 is 0 Å². The lowest BCUT2D eigenvalue weighted by Crippen LogP contribution is -2.20. The molecule has 0 aliphatic heterocycles. The van der Waals surface area contributed by atoms with E-state index in [-0.39, 0.29) is 11.2 Å². The van der Waals surface area contributed by atoms with Gasteiger partial charge in [-0.2, -0.15) is 0 Å². The first-order chi connectivity index (χ1) is 7.00. The smallest absolute Gasteiger partial charge is 0.170 e. The van der Waals surface area contributed by atoms with E-state index in [1.165, 1.54) is 0 Å². The molecule has 1 aromatic heterocycles. The van der Waals surface area contributed by atoms with E-state index in [0.29, 0.717) is 0 Å². The number of benzene rings is 1. The second-order valence-electron chi connectivity index (χ2n) is 4.83. The molecule has 78 valence electrons. The maximum Gasteiger partial charge on any atom is 0.170 e.